The van der Waals surface area contributed by atoms with E-state index in [9.17, 15) is 0 Å². The molecular weight excluding hydrogens is 252 g/mol. The van der Waals surface area contributed by atoms with Crippen LogP contribution in [0.5, 0.6) is 0 Å². The molecule has 0 aliphatic heterocycles. The molecule has 20 heavy (non-hydrogen) atoms. The number of aryl methyl sites for hydroxylation is 2. The Kier molecular flexibility index (Phi) is 3.33. The fraction of sp³-hybridized carbons (Fsp3) is 0.267. The van der Waals surface area contributed by atoms with E-state index in [1.54, 1.807) is 6.20 Å². The van der Waals surface area contributed by atoms with E-state index in [0.29, 0.717) is 12.4 Å². The molecule has 5 heteroatoms. The van der Waals surface area contributed by atoms with Crippen molar-refractivity contribution in [2.45, 2.75) is 26.8 Å². The van der Waals surface area contributed by atoms with E-state index >= 15 is 0 Å². The minimum Gasteiger partial charge on any atom is -0.444 e. The Morgan fingerprint density at radius 2 is 1.90 bits per heavy atom. The molecule has 0 unspecified atom stereocenters. The standard InChI is InChI=1S/C15H16N4O/c1-3-11-8-16-14(20-11)9-17-15-10(2)18-12-6-4-5-7-13(12)19-15/h4-8H,3,9H2,1-2H3,(H,17,19). The van der Waals surface area contributed by atoms with E-state index in [-0.39, 0.29) is 0 Å². The minimum absolute atomic E-state index is 0.508. The number of rotatable bonds is 4. The molecule has 0 amide bonds. The first-order valence-corrected chi connectivity index (χ1v) is 6.67. The van der Waals surface area contributed by atoms with Crippen molar-refractivity contribution in [2.24, 2.45) is 0 Å². The third kappa shape index (κ3) is 2.47. The molecule has 0 saturated heterocycles. The molecule has 1 N–H and O–H groups in total. The van der Waals surface area contributed by atoms with Gasteiger partial charge in [0.2, 0.25) is 5.89 Å². The van der Waals surface area contributed by atoms with Crippen molar-refractivity contribution in [1.29, 1.82) is 0 Å². The molecular formula is C15H16N4O. The molecule has 0 atom stereocenters. The van der Waals surface area contributed by atoms with Gasteiger partial charge in [0.05, 0.1) is 29.5 Å². The lowest BCUT2D eigenvalue weighted by Gasteiger charge is -2.07. The van der Waals surface area contributed by atoms with Crippen LogP contribution in [-0.2, 0) is 13.0 Å². The summed E-state index contributed by atoms with van der Waals surface area (Å²) in [5.41, 5.74) is 2.65. The van der Waals surface area contributed by atoms with Crippen LogP contribution in [0.15, 0.2) is 34.9 Å². The van der Waals surface area contributed by atoms with E-state index in [1.807, 2.05) is 38.1 Å². The Bertz CT molecular complexity index is 736. The van der Waals surface area contributed by atoms with Gasteiger partial charge < -0.3 is 9.73 Å². The monoisotopic (exact) mass is 268 g/mol. The van der Waals surface area contributed by atoms with Crippen molar-refractivity contribution in [2.75, 3.05) is 5.32 Å². The van der Waals surface area contributed by atoms with Crippen LogP contribution in [0.3, 0.4) is 0 Å². The zero-order chi connectivity index (χ0) is 13.9. The van der Waals surface area contributed by atoms with Crippen molar-refractivity contribution in [3.63, 3.8) is 0 Å². The first-order valence-electron chi connectivity index (χ1n) is 6.67. The molecule has 0 radical (unpaired) electrons. The van der Waals surface area contributed by atoms with Crippen LogP contribution >= 0.6 is 0 Å². The Balaban J connectivity index is 1.81. The Morgan fingerprint density at radius 1 is 1.15 bits per heavy atom. The quantitative estimate of drug-likeness (QED) is 0.787. The largest absolute Gasteiger partial charge is 0.444 e. The number of benzene rings is 1. The third-order valence-corrected chi connectivity index (χ3v) is 3.10. The summed E-state index contributed by atoms with van der Waals surface area (Å²) in [5, 5.41) is 3.23. The minimum atomic E-state index is 0.508. The SMILES string of the molecule is CCc1cnc(CNc2nc3ccccc3nc2C)o1. The first-order chi connectivity index (χ1) is 9.76. The highest BCUT2D eigenvalue weighted by molar-refractivity contribution is 5.76. The van der Waals surface area contributed by atoms with Crippen LogP contribution in [-0.4, -0.2) is 15.0 Å². The maximum absolute atomic E-state index is 5.56. The zero-order valence-electron chi connectivity index (χ0n) is 11.6. The van der Waals surface area contributed by atoms with Gasteiger partial charge in [0.15, 0.2) is 0 Å². The van der Waals surface area contributed by atoms with Gasteiger partial charge in [0, 0.05) is 6.42 Å². The Hall–Kier alpha value is -2.43. The molecule has 2 aromatic heterocycles. The van der Waals surface area contributed by atoms with Gasteiger partial charge >= 0.3 is 0 Å². The number of nitrogens with zero attached hydrogens (tertiary/aromatic N) is 3. The summed E-state index contributed by atoms with van der Waals surface area (Å²) >= 11 is 0. The maximum Gasteiger partial charge on any atom is 0.213 e. The highest BCUT2D eigenvalue weighted by Crippen LogP contribution is 2.16. The highest BCUT2D eigenvalue weighted by Gasteiger charge is 2.07. The van der Waals surface area contributed by atoms with Gasteiger partial charge in [-0.3, -0.25) is 0 Å². The van der Waals surface area contributed by atoms with Gasteiger partial charge in [-0.05, 0) is 19.1 Å². The molecule has 0 saturated carbocycles. The number of nitrogens with one attached hydrogen (secondary N) is 1. The van der Waals surface area contributed by atoms with E-state index in [4.69, 9.17) is 4.42 Å². The summed E-state index contributed by atoms with van der Waals surface area (Å²) in [6.45, 7) is 4.49. The van der Waals surface area contributed by atoms with Crippen LogP contribution < -0.4 is 5.32 Å². The third-order valence-electron chi connectivity index (χ3n) is 3.10. The predicted octanol–water partition coefficient (Wildman–Crippen LogP) is 3.10. The first kappa shape index (κ1) is 12.6. The zero-order valence-corrected chi connectivity index (χ0v) is 11.6. The number of fused-ring (bicyclic) bond motifs is 1. The van der Waals surface area contributed by atoms with E-state index in [1.165, 1.54) is 0 Å². The van der Waals surface area contributed by atoms with E-state index in [2.05, 4.69) is 20.3 Å². The normalized spacial score (nSPS) is 10.9. The fourth-order valence-corrected chi connectivity index (χ4v) is 2.01. The smallest absolute Gasteiger partial charge is 0.213 e. The van der Waals surface area contributed by atoms with Gasteiger partial charge in [-0.25, -0.2) is 15.0 Å². The number of hydrogen-bond donors (Lipinski definition) is 1. The van der Waals surface area contributed by atoms with Crippen LogP contribution in [0.4, 0.5) is 5.82 Å². The summed E-state index contributed by atoms with van der Waals surface area (Å²) in [6, 6.07) is 7.83. The summed E-state index contributed by atoms with van der Waals surface area (Å²) < 4.78 is 5.56. The number of oxazole rings is 1. The molecule has 0 bridgehead atoms. The van der Waals surface area contributed by atoms with Gasteiger partial charge in [-0.15, -0.1) is 0 Å². The Morgan fingerprint density at radius 3 is 2.60 bits per heavy atom. The second-order valence-corrected chi connectivity index (χ2v) is 4.57. The molecule has 3 aromatic rings. The average molecular weight is 268 g/mol. The van der Waals surface area contributed by atoms with Crippen molar-refractivity contribution in [1.82, 2.24) is 15.0 Å². The second kappa shape index (κ2) is 5.28. The molecule has 0 fully saturated rings. The molecule has 102 valence electrons. The number of anilines is 1. The lowest BCUT2D eigenvalue weighted by Crippen LogP contribution is -2.05. The van der Waals surface area contributed by atoms with Crippen LogP contribution in [0.2, 0.25) is 0 Å². The van der Waals surface area contributed by atoms with Gasteiger partial charge in [0.25, 0.3) is 0 Å². The van der Waals surface area contributed by atoms with Gasteiger partial charge in [0.1, 0.15) is 11.6 Å². The molecule has 3 rings (SSSR count). The summed E-state index contributed by atoms with van der Waals surface area (Å²) in [7, 11) is 0. The van der Waals surface area contributed by atoms with Crippen molar-refractivity contribution in [3.8, 4) is 0 Å². The van der Waals surface area contributed by atoms with Crippen molar-refractivity contribution in [3.05, 3.63) is 47.8 Å². The number of aromatic nitrogens is 3. The number of para-hydroxylation sites is 2. The molecule has 1 aromatic carbocycles. The summed E-state index contributed by atoms with van der Waals surface area (Å²) in [4.78, 5) is 13.3. The molecule has 5 nitrogen and oxygen atoms in total. The van der Waals surface area contributed by atoms with Gasteiger partial charge in [-0.1, -0.05) is 19.1 Å². The molecule has 0 aliphatic rings. The Labute approximate surface area is 117 Å². The van der Waals surface area contributed by atoms with E-state index in [0.717, 1.165) is 34.7 Å². The summed E-state index contributed by atoms with van der Waals surface area (Å²) in [5.74, 6) is 2.32. The molecule has 0 spiro atoms. The number of hydrogen-bond acceptors (Lipinski definition) is 5. The lowest BCUT2D eigenvalue weighted by molar-refractivity contribution is 0.465. The fourth-order valence-electron chi connectivity index (χ4n) is 2.01. The average Bonchev–Trinajstić information content (AvgIpc) is 2.93. The van der Waals surface area contributed by atoms with Crippen LogP contribution in [0.1, 0.15) is 24.3 Å². The van der Waals surface area contributed by atoms with E-state index < -0.39 is 0 Å². The van der Waals surface area contributed by atoms with Crippen molar-refractivity contribution >= 4 is 16.9 Å². The molecule has 2 heterocycles. The molecule has 0 aliphatic carbocycles. The van der Waals surface area contributed by atoms with Crippen LogP contribution in [0, 0.1) is 6.92 Å². The lowest BCUT2D eigenvalue weighted by atomic mass is 10.3. The maximum atomic E-state index is 5.56. The highest BCUT2D eigenvalue weighted by atomic mass is 16.4. The topological polar surface area (TPSA) is 63.8 Å². The predicted molar refractivity (Wildman–Crippen MR) is 77.5 cm³/mol. The second-order valence-electron chi connectivity index (χ2n) is 4.57. The summed E-state index contributed by atoms with van der Waals surface area (Å²) in [6.07, 6.45) is 2.61. The van der Waals surface area contributed by atoms with Crippen LogP contribution in [0.25, 0.3) is 11.0 Å². The van der Waals surface area contributed by atoms with Gasteiger partial charge in [-0.2, -0.15) is 0 Å². The van der Waals surface area contributed by atoms with Crippen molar-refractivity contribution < 1.29 is 4.42 Å².